The maximum Gasteiger partial charge on any atom is 0.317 e. The van der Waals surface area contributed by atoms with Gasteiger partial charge in [-0.25, -0.2) is 0 Å². The van der Waals surface area contributed by atoms with Gasteiger partial charge < -0.3 is 14.6 Å². The van der Waals surface area contributed by atoms with E-state index < -0.39 is 5.97 Å². The first-order chi connectivity index (χ1) is 9.60. The summed E-state index contributed by atoms with van der Waals surface area (Å²) in [5, 5.41) is 9.01. The van der Waals surface area contributed by atoms with Gasteiger partial charge in [-0.2, -0.15) is 0 Å². The summed E-state index contributed by atoms with van der Waals surface area (Å²) in [4.78, 5) is 12.9. The zero-order chi connectivity index (χ0) is 14.5. The Balaban J connectivity index is 2.11. The highest BCUT2D eigenvalue weighted by atomic mass is 16.6. The van der Waals surface area contributed by atoms with E-state index in [1.165, 1.54) is 0 Å². The Hall–Kier alpha value is -1.75. The molecule has 0 aromatic heterocycles. The Kier molecular flexibility index (Phi) is 4.84. The summed E-state index contributed by atoms with van der Waals surface area (Å²) in [5.41, 5.74) is 1.04. The molecule has 0 amide bonds. The summed E-state index contributed by atoms with van der Waals surface area (Å²) in [7, 11) is 0. The molecule has 5 heteroatoms. The fourth-order valence-electron chi connectivity index (χ4n) is 2.22. The van der Waals surface area contributed by atoms with Gasteiger partial charge in [-0.3, -0.25) is 9.69 Å². The first-order valence-corrected chi connectivity index (χ1v) is 6.94. The topological polar surface area (TPSA) is 59.0 Å². The van der Waals surface area contributed by atoms with Crippen LogP contribution in [0, 0.1) is 0 Å². The molecule has 110 valence electrons. The Morgan fingerprint density at radius 2 is 2.05 bits per heavy atom. The molecule has 0 bridgehead atoms. The Morgan fingerprint density at radius 1 is 1.35 bits per heavy atom. The van der Waals surface area contributed by atoms with Gasteiger partial charge in [0.25, 0.3) is 0 Å². The van der Waals surface area contributed by atoms with Gasteiger partial charge in [-0.1, -0.05) is 13.0 Å². The van der Waals surface area contributed by atoms with Crippen LogP contribution in [0.3, 0.4) is 0 Å². The lowest BCUT2D eigenvalue weighted by atomic mass is 10.1. The van der Waals surface area contributed by atoms with Crippen molar-refractivity contribution in [2.24, 2.45) is 0 Å². The highest BCUT2D eigenvalue weighted by molar-refractivity contribution is 5.69. The largest absolute Gasteiger partial charge is 0.486 e. The Labute approximate surface area is 119 Å². The fraction of sp³-hybridized carbons (Fsp3) is 0.533. The van der Waals surface area contributed by atoms with E-state index in [-0.39, 0.29) is 12.6 Å². The van der Waals surface area contributed by atoms with Gasteiger partial charge in [0.15, 0.2) is 11.5 Å². The third-order valence-corrected chi connectivity index (χ3v) is 3.54. The normalized spacial score (nSPS) is 15.2. The molecule has 1 heterocycles. The highest BCUT2D eigenvalue weighted by Crippen LogP contribution is 2.31. The van der Waals surface area contributed by atoms with Crippen LogP contribution < -0.4 is 9.47 Å². The van der Waals surface area contributed by atoms with Crippen molar-refractivity contribution in [3.63, 3.8) is 0 Å². The van der Waals surface area contributed by atoms with E-state index in [1.54, 1.807) is 0 Å². The highest BCUT2D eigenvalue weighted by Gasteiger charge is 2.18. The molecule has 0 saturated heterocycles. The van der Waals surface area contributed by atoms with Gasteiger partial charge >= 0.3 is 5.97 Å². The average molecular weight is 279 g/mol. The maximum absolute atomic E-state index is 11.0. The molecule has 0 aliphatic carbocycles. The van der Waals surface area contributed by atoms with Crippen molar-refractivity contribution in [2.75, 3.05) is 19.8 Å². The van der Waals surface area contributed by atoms with Gasteiger partial charge in [0.1, 0.15) is 13.2 Å². The summed E-state index contributed by atoms with van der Waals surface area (Å²) >= 11 is 0. The second kappa shape index (κ2) is 6.61. The van der Waals surface area contributed by atoms with Crippen LogP contribution in [0.25, 0.3) is 0 Å². The number of hydrogen-bond acceptors (Lipinski definition) is 4. The minimum Gasteiger partial charge on any atom is -0.486 e. The minimum atomic E-state index is -0.803. The molecular weight excluding hydrogens is 258 g/mol. The molecule has 5 nitrogen and oxygen atoms in total. The third kappa shape index (κ3) is 3.63. The van der Waals surface area contributed by atoms with Gasteiger partial charge in [-0.15, -0.1) is 0 Å². The van der Waals surface area contributed by atoms with Crippen molar-refractivity contribution >= 4 is 5.97 Å². The van der Waals surface area contributed by atoms with Gasteiger partial charge in [0.2, 0.25) is 0 Å². The van der Waals surface area contributed by atoms with Crippen molar-refractivity contribution < 1.29 is 19.4 Å². The molecule has 0 saturated carbocycles. The second-order valence-electron chi connectivity index (χ2n) is 5.03. The number of rotatable bonds is 6. The molecule has 1 aromatic carbocycles. The number of carbonyl (C=O) groups is 1. The molecule has 1 N–H and O–H groups in total. The molecule has 1 atom stereocenters. The van der Waals surface area contributed by atoms with E-state index in [1.807, 2.05) is 30.0 Å². The zero-order valence-corrected chi connectivity index (χ0v) is 12.0. The van der Waals surface area contributed by atoms with Crippen LogP contribution in [0.4, 0.5) is 0 Å². The summed E-state index contributed by atoms with van der Waals surface area (Å²) < 4.78 is 11.0. The number of fused-ring (bicyclic) bond motifs is 1. The number of ether oxygens (including phenoxy) is 2. The van der Waals surface area contributed by atoms with Gasteiger partial charge in [0, 0.05) is 12.6 Å². The van der Waals surface area contributed by atoms with Crippen molar-refractivity contribution in [1.29, 1.82) is 0 Å². The monoisotopic (exact) mass is 279 g/mol. The lowest BCUT2D eigenvalue weighted by molar-refractivity contribution is -0.139. The summed E-state index contributed by atoms with van der Waals surface area (Å²) in [6, 6.07) is 6.01. The van der Waals surface area contributed by atoms with Crippen molar-refractivity contribution in [3.8, 4) is 11.5 Å². The van der Waals surface area contributed by atoms with Crippen LogP contribution in [0.1, 0.15) is 25.8 Å². The Bertz CT molecular complexity index is 475. The Morgan fingerprint density at radius 3 is 2.70 bits per heavy atom. The fourth-order valence-corrected chi connectivity index (χ4v) is 2.22. The molecule has 1 aliphatic heterocycles. The predicted octanol–water partition coefficient (Wildman–Crippen LogP) is 2.14. The average Bonchev–Trinajstić information content (AvgIpc) is 2.45. The second-order valence-corrected chi connectivity index (χ2v) is 5.03. The smallest absolute Gasteiger partial charge is 0.317 e. The first kappa shape index (κ1) is 14.7. The van der Waals surface area contributed by atoms with E-state index in [9.17, 15) is 4.79 Å². The number of carboxylic acid groups (broad SMARTS) is 1. The zero-order valence-electron chi connectivity index (χ0n) is 12.0. The van der Waals surface area contributed by atoms with Crippen LogP contribution in [-0.4, -0.2) is 41.8 Å². The summed E-state index contributed by atoms with van der Waals surface area (Å²) in [6.07, 6.45) is 0.915. The molecule has 1 aromatic rings. The molecule has 1 aliphatic rings. The molecule has 0 spiro atoms. The van der Waals surface area contributed by atoms with Crippen LogP contribution in [0.5, 0.6) is 11.5 Å². The SMILES string of the molecule is CCC(C)N(CC(=O)O)Cc1ccc2c(c1)OCCO2. The summed E-state index contributed by atoms with van der Waals surface area (Å²) in [5.74, 6) is 0.698. The quantitative estimate of drug-likeness (QED) is 0.864. The van der Waals surface area contributed by atoms with Crippen molar-refractivity contribution in [3.05, 3.63) is 23.8 Å². The minimum absolute atomic E-state index is 0.0451. The van der Waals surface area contributed by atoms with Gasteiger partial charge in [-0.05, 0) is 31.0 Å². The maximum atomic E-state index is 11.0. The molecule has 1 unspecified atom stereocenters. The standard InChI is InChI=1S/C15H21NO4/c1-3-11(2)16(10-15(17)18)9-12-4-5-13-14(8-12)20-7-6-19-13/h4-5,8,11H,3,6-7,9-10H2,1-2H3,(H,17,18). The number of nitrogens with zero attached hydrogens (tertiary/aromatic N) is 1. The predicted molar refractivity (Wildman–Crippen MR) is 75.2 cm³/mol. The third-order valence-electron chi connectivity index (χ3n) is 3.54. The number of benzene rings is 1. The number of hydrogen-bond donors (Lipinski definition) is 1. The van der Waals surface area contributed by atoms with E-state index in [4.69, 9.17) is 14.6 Å². The van der Waals surface area contributed by atoms with E-state index in [2.05, 4.69) is 6.92 Å². The molecule has 0 fully saturated rings. The van der Waals surface area contributed by atoms with E-state index in [0.29, 0.717) is 19.8 Å². The van der Waals surface area contributed by atoms with Crippen molar-refractivity contribution in [1.82, 2.24) is 4.90 Å². The van der Waals surface area contributed by atoms with Crippen LogP contribution >= 0.6 is 0 Å². The van der Waals surface area contributed by atoms with Crippen LogP contribution in [0.15, 0.2) is 18.2 Å². The molecular formula is C15H21NO4. The first-order valence-electron chi connectivity index (χ1n) is 6.94. The molecule has 0 radical (unpaired) electrons. The van der Waals surface area contributed by atoms with Crippen LogP contribution in [-0.2, 0) is 11.3 Å². The van der Waals surface area contributed by atoms with E-state index >= 15 is 0 Å². The van der Waals surface area contributed by atoms with Crippen molar-refractivity contribution in [2.45, 2.75) is 32.9 Å². The number of aliphatic carboxylic acids is 1. The van der Waals surface area contributed by atoms with E-state index in [0.717, 1.165) is 23.5 Å². The number of carboxylic acids is 1. The molecule has 2 rings (SSSR count). The van der Waals surface area contributed by atoms with Crippen LogP contribution in [0.2, 0.25) is 0 Å². The summed E-state index contributed by atoms with van der Waals surface area (Å²) in [6.45, 7) is 5.87. The lowest BCUT2D eigenvalue weighted by Gasteiger charge is -2.27. The van der Waals surface area contributed by atoms with Gasteiger partial charge in [0.05, 0.1) is 6.54 Å². The lowest BCUT2D eigenvalue weighted by Crippen LogP contribution is -2.36. The molecule has 20 heavy (non-hydrogen) atoms.